The third kappa shape index (κ3) is 3.42. The zero-order chi connectivity index (χ0) is 17.1. The van der Waals surface area contributed by atoms with Gasteiger partial charge in [0.1, 0.15) is 15.5 Å². The Kier molecular flexibility index (Phi) is 5.16. The maximum atomic E-state index is 12.7. The van der Waals surface area contributed by atoms with Crippen LogP contribution in [0.1, 0.15) is 47.7 Å². The van der Waals surface area contributed by atoms with E-state index >= 15 is 0 Å². The van der Waals surface area contributed by atoms with Gasteiger partial charge in [0, 0.05) is 13.0 Å². The normalized spacial score (nSPS) is 11.0. The van der Waals surface area contributed by atoms with Crippen molar-refractivity contribution < 1.29 is 9.53 Å². The molecule has 0 fully saturated rings. The van der Waals surface area contributed by atoms with E-state index in [1.165, 1.54) is 11.3 Å². The van der Waals surface area contributed by atoms with E-state index in [2.05, 4.69) is 11.1 Å². The third-order valence-corrected chi connectivity index (χ3v) is 4.61. The highest BCUT2D eigenvalue weighted by Crippen LogP contribution is 2.28. The van der Waals surface area contributed by atoms with E-state index in [9.17, 15) is 9.59 Å². The molecule has 0 saturated carbocycles. The van der Waals surface area contributed by atoms with E-state index in [0.29, 0.717) is 45.9 Å². The lowest BCUT2D eigenvalue weighted by atomic mass is 10.2. The van der Waals surface area contributed by atoms with E-state index in [-0.39, 0.29) is 11.7 Å². The van der Waals surface area contributed by atoms with E-state index in [1.807, 2.05) is 0 Å². The topological polar surface area (TPSA) is 85.0 Å². The van der Waals surface area contributed by atoms with Crippen molar-refractivity contribution in [1.29, 1.82) is 5.26 Å². The monoisotopic (exact) mass is 333 g/mol. The SMILES string of the molecule is Cc1c(C(=O)OC(C)C)sc2nc(C)n(CCCC#N)c(=O)c12. The standard InChI is InChI=1S/C16H19N3O3S/c1-9(2)22-16(21)13-10(3)12-14(23-13)18-11(4)19(15(12)20)8-6-5-7-17/h9H,5-6,8H2,1-4H3. The lowest BCUT2D eigenvalue weighted by molar-refractivity contribution is 0.0383. The van der Waals surface area contributed by atoms with Crippen LogP contribution in [0.3, 0.4) is 0 Å². The average molecular weight is 333 g/mol. The summed E-state index contributed by atoms with van der Waals surface area (Å²) in [7, 11) is 0. The second-order valence-electron chi connectivity index (χ2n) is 5.57. The molecule has 0 atom stereocenters. The number of ether oxygens (including phenoxy) is 1. The first-order valence-corrected chi connectivity index (χ1v) is 8.27. The molecule has 0 saturated heterocycles. The highest BCUT2D eigenvalue weighted by molar-refractivity contribution is 7.20. The van der Waals surface area contributed by atoms with Crippen molar-refractivity contribution in [2.75, 3.05) is 0 Å². The van der Waals surface area contributed by atoms with Gasteiger partial charge in [0.25, 0.3) is 5.56 Å². The molecule has 0 bridgehead atoms. The quantitative estimate of drug-likeness (QED) is 0.620. The van der Waals surface area contributed by atoms with Crippen LogP contribution in [0.4, 0.5) is 0 Å². The molecule has 0 spiro atoms. The molecule has 2 rings (SSSR count). The van der Waals surface area contributed by atoms with Gasteiger partial charge in [-0.15, -0.1) is 11.3 Å². The summed E-state index contributed by atoms with van der Waals surface area (Å²) in [6, 6.07) is 2.07. The summed E-state index contributed by atoms with van der Waals surface area (Å²) in [6.07, 6.45) is 0.762. The van der Waals surface area contributed by atoms with Crippen LogP contribution in [0.2, 0.25) is 0 Å². The first kappa shape index (κ1) is 17.2. The lowest BCUT2D eigenvalue weighted by Crippen LogP contribution is -2.24. The van der Waals surface area contributed by atoms with Crippen LogP contribution in [0.25, 0.3) is 10.2 Å². The molecule has 122 valence electrons. The van der Waals surface area contributed by atoms with Crippen molar-refractivity contribution in [3.05, 3.63) is 26.6 Å². The van der Waals surface area contributed by atoms with Gasteiger partial charge in [-0.25, -0.2) is 9.78 Å². The second-order valence-corrected chi connectivity index (χ2v) is 6.57. The van der Waals surface area contributed by atoms with Gasteiger partial charge in [-0.2, -0.15) is 5.26 Å². The zero-order valence-electron chi connectivity index (χ0n) is 13.7. The molecule has 2 heterocycles. The van der Waals surface area contributed by atoms with Gasteiger partial charge >= 0.3 is 5.97 Å². The highest BCUT2D eigenvalue weighted by atomic mass is 32.1. The van der Waals surface area contributed by atoms with Crippen LogP contribution in [0, 0.1) is 25.2 Å². The van der Waals surface area contributed by atoms with Crippen molar-refractivity contribution in [3.63, 3.8) is 0 Å². The number of rotatable bonds is 5. The number of carbonyl (C=O) groups excluding carboxylic acids is 1. The van der Waals surface area contributed by atoms with E-state index in [4.69, 9.17) is 10.00 Å². The summed E-state index contributed by atoms with van der Waals surface area (Å²) in [5, 5.41) is 9.10. The molecule has 0 radical (unpaired) electrons. The summed E-state index contributed by atoms with van der Waals surface area (Å²) >= 11 is 1.19. The number of hydrogen-bond donors (Lipinski definition) is 0. The van der Waals surface area contributed by atoms with E-state index in [0.717, 1.165) is 0 Å². The van der Waals surface area contributed by atoms with Crippen LogP contribution in [0.15, 0.2) is 4.79 Å². The Balaban J connectivity index is 2.52. The van der Waals surface area contributed by atoms with Crippen LogP contribution in [0.5, 0.6) is 0 Å². The molecule has 7 heteroatoms. The number of fused-ring (bicyclic) bond motifs is 1. The second kappa shape index (κ2) is 6.92. The molecule has 0 unspecified atom stereocenters. The van der Waals surface area contributed by atoms with Crippen LogP contribution in [-0.2, 0) is 11.3 Å². The minimum absolute atomic E-state index is 0.164. The van der Waals surface area contributed by atoms with E-state index < -0.39 is 5.97 Å². The molecule has 2 aromatic heterocycles. The molecule has 6 nitrogen and oxygen atoms in total. The van der Waals surface area contributed by atoms with Crippen molar-refractivity contribution in [2.45, 2.75) is 53.2 Å². The van der Waals surface area contributed by atoms with Gasteiger partial charge in [-0.1, -0.05) is 0 Å². The zero-order valence-corrected chi connectivity index (χ0v) is 14.5. The van der Waals surface area contributed by atoms with Gasteiger partial charge in [-0.05, 0) is 39.7 Å². The number of aromatic nitrogens is 2. The number of nitrogens with zero attached hydrogens (tertiary/aromatic N) is 3. The largest absolute Gasteiger partial charge is 0.459 e. The molecular weight excluding hydrogens is 314 g/mol. The number of carbonyl (C=O) groups is 1. The van der Waals surface area contributed by atoms with Crippen molar-refractivity contribution in [2.24, 2.45) is 0 Å². The number of esters is 1. The Labute approximate surface area is 138 Å². The minimum Gasteiger partial charge on any atom is -0.459 e. The molecule has 0 aromatic carbocycles. The smallest absolute Gasteiger partial charge is 0.348 e. The fourth-order valence-electron chi connectivity index (χ4n) is 2.36. The predicted octanol–water partition coefficient (Wildman–Crippen LogP) is 2.94. The molecule has 0 amide bonds. The first-order chi connectivity index (χ1) is 10.9. The summed E-state index contributed by atoms with van der Waals surface area (Å²) < 4.78 is 6.79. The highest BCUT2D eigenvalue weighted by Gasteiger charge is 2.22. The average Bonchev–Trinajstić information content (AvgIpc) is 2.78. The van der Waals surface area contributed by atoms with E-state index in [1.54, 1.807) is 32.3 Å². The van der Waals surface area contributed by atoms with Gasteiger partial charge in [-0.3, -0.25) is 9.36 Å². The number of aryl methyl sites for hydroxylation is 2. The van der Waals surface area contributed by atoms with Crippen LogP contribution in [-0.4, -0.2) is 21.6 Å². The minimum atomic E-state index is -0.423. The maximum Gasteiger partial charge on any atom is 0.348 e. The van der Waals surface area contributed by atoms with Crippen molar-refractivity contribution in [3.8, 4) is 6.07 Å². The Hall–Kier alpha value is -2.20. The Morgan fingerprint density at radius 2 is 2.13 bits per heavy atom. The van der Waals surface area contributed by atoms with Gasteiger partial charge in [0.2, 0.25) is 0 Å². The summed E-state index contributed by atoms with van der Waals surface area (Å²) in [5.74, 6) is 0.166. The number of nitriles is 1. The summed E-state index contributed by atoms with van der Waals surface area (Å²) in [6.45, 7) is 7.51. The molecule has 0 aliphatic rings. The van der Waals surface area contributed by atoms with Gasteiger partial charge in [0.15, 0.2) is 0 Å². The first-order valence-electron chi connectivity index (χ1n) is 7.45. The fourth-order valence-corrected chi connectivity index (χ4v) is 3.46. The Morgan fingerprint density at radius 3 is 2.74 bits per heavy atom. The van der Waals surface area contributed by atoms with Crippen molar-refractivity contribution >= 4 is 27.5 Å². The van der Waals surface area contributed by atoms with Crippen LogP contribution < -0.4 is 5.56 Å². The van der Waals surface area contributed by atoms with Gasteiger partial charge < -0.3 is 4.74 Å². The van der Waals surface area contributed by atoms with Crippen LogP contribution >= 0.6 is 11.3 Å². The fraction of sp³-hybridized carbons (Fsp3) is 0.500. The lowest BCUT2D eigenvalue weighted by Gasteiger charge is -2.08. The predicted molar refractivity (Wildman–Crippen MR) is 88.8 cm³/mol. The molecular formula is C16H19N3O3S. The molecule has 0 N–H and O–H groups in total. The number of hydrogen-bond acceptors (Lipinski definition) is 6. The Bertz CT molecular complexity index is 843. The van der Waals surface area contributed by atoms with Crippen molar-refractivity contribution in [1.82, 2.24) is 9.55 Å². The summed E-state index contributed by atoms with van der Waals surface area (Å²) in [4.78, 5) is 30.3. The number of thiophene rings is 1. The summed E-state index contributed by atoms with van der Waals surface area (Å²) in [5.41, 5.74) is 0.449. The third-order valence-electron chi connectivity index (χ3n) is 3.44. The molecule has 23 heavy (non-hydrogen) atoms. The maximum absolute atomic E-state index is 12.7. The number of unbranched alkanes of at least 4 members (excludes halogenated alkanes) is 1. The molecule has 0 aliphatic carbocycles. The Morgan fingerprint density at radius 1 is 1.43 bits per heavy atom. The molecule has 2 aromatic rings. The van der Waals surface area contributed by atoms with Gasteiger partial charge in [0.05, 0.1) is 17.6 Å². The molecule has 0 aliphatic heterocycles.